The van der Waals surface area contributed by atoms with Crippen LogP contribution in [0.4, 0.5) is 18.9 Å². The molecule has 0 aromatic heterocycles. The molecule has 0 amide bonds. The van der Waals surface area contributed by atoms with E-state index >= 15 is 0 Å². The quantitative estimate of drug-likeness (QED) is 0.828. The predicted octanol–water partition coefficient (Wildman–Crippen LogP) is 4.42. The van der Waals surface area contributed by atoms with Gasteiger partial charge in [-0.15, -0.1) is 0 Å². The predicted molar refractivity (Wildman–Crippen MR) is 80.9 cm³/mol. The summed E-state index contributed by atoms with van der Waals surface area (Å²) >= 11 is 0. The molecular formula is C17H16F3NO2. The molecule has 0 aliphatic carbocycles. The maximum Gasteiger partial charge on any atom is 0.416 e. The highest BCUT2D eigenvalue weighted by Gasteiger charge is 2.31. The number of para-hydroxylation sites is 1. The first-order valence-corrected chi connectivity index (χ1v) is 7.07. The van der Waals surface area contributed by atoms with Gasteiger partial charge < -0.3 is 10.1 Å². The Morgan fingerprint density at radius 3 is 2.22 bits per heavy atom. The molecule has 1 N–H and O–H groups in total. The van der Waals surface area contributed by atoms with Gasteiger partial charge in [-0.05, 0) is 36.8 Å². The van der Waals surface area contributed by atoms with Gasteiger partial charge in [0.25, 0.3) is 0 Å². The van der Waals surface area contributed by atoms with Gasteiger partial charge in [0.1, 0.15) is 0 Å². The number of benzene rings is 2. The fourth-order valence-electron chi connectivity index (χ4n) is 2.07. The Kier molecular flexibility index (Phi) is 5.26. The lowest BCUT2D eigenvalue weighted by Crippen LogP contribution is -2.23. The number of alkyl halides is 3. The number of rotatable bonds is 5. The molecule has 0 heterocycles. The van der Waals surface area contributed by atoms with Gasteiger partial charge >= 0.3 is 12.1 Å². The van der Waals surface area contributed by atoms with Gasteiger partial charge in [0.15, 0.2) is 6.04 Å². The van der Waals surface area contributed by atoms with Crippen LogP contribution in [0.1, 0.15) is 24.1 Å². The number of hydrogen-bond donors (Lipinski definition) is 1. The van der Waals surface area contributed by atoms with Crippen LogP contribution in [0.15, 0.2) is 54.6 Å². The fourth-order valence-corrected chi connectivity index (χ4v) is 2.07. The maximum atomic E-state index is 12.6. The van der Waals surface area contributed by atoms with Crippen molar-refractivity contribution >= 4 is 11.7 Å². The van der Waals surface area contributed by atoms with Crippen LogP contribution in [0, 0.1) is 0 Å². The second-order valence-corrected chi connectivity index (χ2v) is 4.82. The van der Waals surface area contributed by atoms with Crippen LogP contribution in [0.3, 0.4) is 0 Å². The monoisotopic (exact) mass is 323 g/mol. The van der Waals surface area contributed by atoms with Crippen molar-refractivity contribution in [1.29, 1.82) is 0 Å². The molecule has 122 valence electrons. The molecule has 2 rings (SSSR count). The lowest BCUT2D eigenvalue weighted by molar-refractivity contribution is -0.144. The van der Waals surface area contributed by atoms with Gasteiger partial charge in [-0.1, -0.05) is 30.3 Å². The van der Waals surface area contributed by atoms with Crippen molar-refractivity contribution in [2.75, 3.05) is 11.9 Å². The van der Waals surface area contributed by atoms with Crippen molar-refractivity contribution in [2.24, 2.45) is 0 Å². The van der Waals surface area contributed by atoms with Gasteiger partial charge in [-0.2, -0.15) is 13.2 Å². The molecule has 1 atom stereocenters. The van der Waals surface area contributed by atoms with Gasteiger partial charge in [-0.25, -0.2) is 4.79 Å². The Morgan fingerprint density at radius 2 is 1.70 bits per heavy atom. The molecule has 0 spiro atoms. The second kappa shape index (κ2) is 7.17. The van der Waals surface area contributed by atoms with Crippen LogP contribution in [-0.4, -0.2) is 12.6 Å². The summed E-state index contributed by atoms with van der Waals surface area (Å²) in [5, 5.41) is 2.98. The Balaban J connectivity index is 2.28. The third-order valence-electron chi connectivity index (χ3n) is 3.18. The van der Waals surface area contributed by atoms with Crippen molar-refractivity contribution in [3.8, 4) is 0 Å². The van der Waals surface area contributed by atoms with E-state index in [9.17, 15) is 18.0 Å². The molecule has 3 nitrogen and oxygen atoms in total. The summed E-state index contributed by atoms with van der Waals surface area (Å²) in [5.74, 6) is -0.545. The van der Waals surface area contributed by atoms with E-state index in [2.05, 4.69) is 5.32 Å². The minimum absolute atomic E-state index is 0.187. The second-order valence-electron chi connectivity index (χ2n) is 4.82. The van der Waals surface area contributed by atoms with E-state index < -0.39 is 23.8 Å². The summed E-state index contributed by atoms with van der Waals surface area (Å²) in [7, 11) is 0. The SMILES string of the molecule is CCOC(=O)C(Nc1ccccc1)c1ccc(C(F)(F)F)cc1. The van der Waals surface area contributed by atoms with Crippen molar-refractivity contribution < 1.29 is 22.7 Å². The third-order valence-corrected chi connectivity index (χ3v) is 3.18. The van der Waals surface area contributed by atoms with Gasteiger partial charge in [0, 0.05) is 5.69 Å². The molecule has 2 aromatic rings. The third kappa shape index (κ3) is 4.48. The fraction of sp³-hybridized carbons (Fsp3) is 0.235. The van der Waals surface area contributed by atoms with Crippen LogP contribution in [0.5, 0.6) is 0 Å². The van der Waals surface area contributed by atoms with Crippen LogP contribution < -0.4 is 5.32 Å². The first-order valence-electron chi connectivity index (χ1n) is 7.07. The Bertz CT molecular complexity index is 639. The summed E-state index contributed by atoms with van der Waals surface area (Å²) in [6.45, 7) is 1.86. The summed E-state index contributed by atoms with van der Waals surface area (Å²) in [4.78, 5) is 12.1. The van der Waals surface area contributed by atoms with E-state index in [0.29, 0.717) is 11.3 Å². The van der Waals surface area contributed by atoms with Crippen LogP contribution in [0.25, 0.3) is 0 Å². The number of carbonyl (C=O) groups excluding carboxylic acids is 1. The zero-order chi connectivity index (χ0) is 16.9. The zero-order valence-corrected chi connectivity index (χ0v) is 12.4. The average Bonchev–Trinajstić information content (AvgIpc) is 2.53. The molecule has 1 unspecified atom stereocenters. The smallest absolute Gasteiger partial charge is 0.416 e. The maximum absolute atomic E-state index is 12.6. The number of nitrogens with one attached hydrogen (secondary N) is 1. The van der Waals surface area contributed by atoms with Gasteiger partial charge in [-0.3, -0.25) is 0 Å². The van der Waals surface area contributed by atoms with E-state index in [1.807, 2.05) is 6.07 Å². The summed E-state index contributed by atoms with van der Waals surface area (Å²) in [6, 6.07) is 12.5. The molecule has 6 heteroatoms. The highest BCUT2D eigenvalue weighted by Crippen LogP contribution is 2.30. The van der Waals surface area contributed by atoms with Gasteiger partial charge in [0.2, 0.25) is 0 Å². The minimum Gasteiger partial charge on any atom is -0.464 e. The van der Waals surface area contributed by atoms with Crippen molar-refractivity contribution in [3.05, 3.63) is 65.7 Å². The van der Waals surface area contributed by atoms with Gasteiger partial charge in [0.05, 0.1) is 12.2 Å². The van der Waals surface area contributed by atoms with E-state index in [1.54, 1.807) is 31.2 Å². The van der Waals surface area contributed by atoms with Crippen molar-refractivity contribution in [3.63, 3.8) is 0 Å². The normalized spacial score (nSPS) is 12.5. The van der Waals surface area contributed by atoms with Crippen molar-refractivity contribution in [2.45, 2.75) is 19.1 Å². The lowest BCUT2D eigenvalue weighted by atomic mass is 10.0. The largest absolute Gasteiger partial charge is 0.464 e. The Hall–Kier alpha value is -2.50. The molecule has 0 bridgehead atoms. The molecule has 0 radical (unpaired) electrons. The molecular weight excluding hydrogens is 307 g/mol. The summed E-state index contributed by atoms with van der Waals surface area (Å²) < 4.78 is 42.9. The number of hydrogen-bond acceptors (Lipinski definition) is 3. The van der Waals surface area contributed by atoms with E-state index in [1.165, 1.54) is 12.1 Å². The van der Waals surface area contributed by atoms with Crippen LogP contribution >= 0.6 is 0 Å². The molecule has 0 aliphatic heterocycles. The number of anilines is 1. The number of ether oxygens (including phenoxy) is 1. The van der Waals surface area contributed by atoms with E-state index in [0.717, 1.165) is 12.1 Å². The minimum atomic E-state index is -4.41. The Morgan fingerprint density at radius 1 is 1.09 bits per heavy atom. The lowest BCUT2D eigenvalue weighted by Gasteiger charge is -2.19. The van der Waals surface area contributed by atoms with Crippen LogP contribution in [-0.2, 0) is 15.7 Å². The number of esters is 1. The van der Waals surface area contributed by atoms with E-state index in [4.69, 9.17) is 4.74 Å². The topological polar surface area (TPSA) is 38.3 Å². The highest BCUT2D eigenvalue weighted by atomic mass is 19.4. The average molecular weight is 323 g/mol. The molecule has 23 heavy (non-hydrogen) atoms. The molecule has 2 aromatic carbocycles. The zero-order valence-electron chi connectivity index (χ0n) is 12.4. The molecule has 0 saturated carbocycles. The first-order chi connectivity index (χ1) is 10.9. The number of carbonyl (C=O) groups is 1. The Labute approximate surface area is 132 Å². The molecule has 0 fully saturated rings. The van der Waals surface area contributed by atoms with Crippen LogP contribution in [0.2, 0.25) is 0 Å². The molecule has 0 aliphatic rings. The summed E-state index contributed by atoms with van der Waals surface area (Å²) in [5.41, 5.74) is 0.314. The standard InChI is InChI=1S/C17H16F3NO2/c1-2-23-16(22)15(21-14-6-4-3-5-7-14)12-8-10-13(11-9-12)17(18,19)20/h3-11,15,21H,2H2,1H3. The summed E-state index contributed by atoms with van der Waals surface area (Å²) in [6.07, 6.45) is -4.41. The molecule has 0 saturated heterocycles. The first kappa shape index (κ1) is 16.9. The number of halogens is 3. The van der Waals surface area contributed by atoms with Crippen molar-refractivity contribution in [1.82, 2.24) is 0 Å². The highest BCUT2D eigenvalue weighted by molar-refractivity contribution is 5.81. The van der Waals surface area contributed by atoms with E-state index in [-0.39, 0.29) is 6.61 Å².